The molecule has 2 N–H and O–H groups in total. The number of nitrogens with one attached hydrogen (secondary N) is 1. The maximum atomic E-state index is 11.7. The van der Waals surface area contributed by atoms with Gasteiger partial charge in [0, 0.05) is 18.2 Å². The molecule has 1 amide bonds. The van der Waals surface area contributed by atoms with Gasteiger partial charge in [-0.1, -0.05) is 11.8 Å². The highest BCUT2D eigenvalue weighted by molar-refractivity contribution is 5.89. The molecule has 2 aromatic rings. The van der Waals surface area contributed by atoms with E-state index >= 15 is 0 Å². The standard InChI is InChI=1S/C13H13N5O2/c19-6-2-1-3-11-4-5-15-12(7-11)17-13(20)8-18-10-14-9-16-18/h4-5,7,9-10,19H,2,6,8H2,(H,15,17,20). The molecule has 0 aliphatic heterocycles. The molecule has 0 radical (unpaired) electrons. The molecular formula is C13H13N5O2. The first-order valence-corrected chi connectivity index (χ1v) is 5.96. The number of pyridine rings is 1. The second-order valence-corrected chi connectivity index (χ2v) is 3.85. The van der Waals surface area contributed by atoms with Gasteiger partial charge in [-0.2, -0.15) is 5.10 Å². The van der Waals surface area contributed by atoms with Crippen LogP contribution >= 0.6 is 0 Å². The van der Waals surface area contributed by atoms with Crippen molar-refractivity contribution in [3.8, 4) is 11.8 Å². The van der Waals surface area contributed by atoms with E-state index in [1.54, 1.807) is 18.3 Å². The summed E-state index contributed by atoms with van der Waals surface area (Å²) in [6, 6.07) is 3.40. The summed E-state index contributed by atoms with van der Waals surface area (Å²) >= 11 is 0. The van der Waals surface area contributed by atoms with Gasteiger partial charge in [0.15, 0.2) is 0 Å². The Balaban J connectivity index is 1.97. The number of anilines is 1. The zero-order valence-corrected chi connectivity index (χ0v) is 10.7. The molecule has 0 atom stereocenters. The zero-order chi connectivity index (χ0) is 14.2. The molecule has 2 aromatic heterocycles. The lowest BCUT2D eigenvalue weighted by molar-refractivity contribution is -0.116. The Kier molecular flexibility index (Phi) is 4.81. The first-order valence-electron chi connectivity index (χ1n) is 5.96. The number of carbonyl (C=O) groups is 1. The molecule has 20 heavy (non-hydrogen) atoms. The molecular weight excluding hydrogens is 258 g/mol. The number of aliphatic hydroxyl groups is 1. The summed E-state index contributed by atoms with van der Waals surface area (Å²) in [5.74, 6) is 5.86. The van der Waals surface area contributed by atoms with E-state index in [2.05, 4.69) is 32.2 Å². The van der Waals surface area contributed by atoms with Crippen molar-refractivity contribution in [3.05, 3.63) is 36.5 Å². The van der Waals surface area contributed by atoms with Crippen LogP contribution in [0.15, 0.2) is 31.0 Å². The number of aliphatic hydroxyl groups excluding tert-OH is 1. The molecule has 0 saturated carbocycles. The van der Waals surface area contributed by atoms with E-state index in [1.807, 2.05) is 0 Å². The fourth-order valence-electron chi connectivity index (χ4n) is 1.44. The topological polar surface area (TPSA) is 92.9 Å². The van der Waals surface area contributed by atoms with E-state index in [4.69, 9.17) is 5.11 Å². The Labute approximate surface area is 115 Å². The van der Waals surface area contributed by atoms with Crippen LogP contribution in [0.3, 0.4) is 0 Å². The zero-order valence-electron chi connectivity index (χ0n) is 10.7. The molecule has 0 unspecified atom stereocenters. The summed E-state index contributed by atoms with van der Waals surface area (Å²) in [6.07, 6.45) is 4.80. The molecule has 0 aliphatic carbocycles. The molecule has 0 saturated heterocycles. The Hall–Kier alpha value is -2.72. The Morgan fingerprint density at radius 3 is 3.15 bits per heavy atom. The van der Waals surface area contributed by atoms with Crippen LogP contribution in [0, 0.1) is 11.8 Å². The number of amides is 1. The Bertz CT molecular complexity index is 628. The molecule has 7 heteroatoms. The van der Waals surface area contributed by atoms with Crippen molar-refractivity contribution < 1.29 is 9.90 Å². The van der Waals surface area contributed by atoms with E-state index < -0.39 is 0 Å². The maximum Gasteiger partial charge on any atom is 0.247 e. The van der Waals surface area contributed by atoms with Gasteiger partial charge >= 0.3 is 0 Å². The Morgan fingerprint density at radius 2 is 2.40 bits per heavy atom. The minimum Gasteiger partial charge on any atom is -0.395 e. The lowest BCUT2D eigenvalue weighted by Gasteiger charge is -2.04. The average molecular weight is 271 g/mol. The van der Waals surface area contributed by atoms with Gasteiger partial charge in [0.25, 0.3) is 0 Å². The monoisotopic (exact) mass is 271 g/mol. The van der Waals surface area contributed by atoms with Gasteiger partial charge < -0.3 is 10.4 Å². The van der Waals surface area contributed by atoms with E-state index in [9.17, 15) is 4.79 Å². The lowest BCUT2D eigenvalue weighted by Crippen LogP contribution is -2.19. The van der Waals surface area contributed by atoms with Crippen LogP contribution in [-0.4, -0.2) is 37.4 Å². The number of hydrogen-bond donors (Lipinski definition) is 2. The quantitative estimate of drug-likeness (QED) is 0.766. The molecule has 0 fully saturated rings. The second-order valence-electron chi connectivity index (χ2n) is 3.85. The average Bonchev–Trinajstić information content (AvgIpc) is 2.92. The van der Waals surface area contributed by atoms with E-state index in [-0.39, 0.29) is 19.1 Å². The highest BCUT2D eigenvalue weighted by atomic mass is 16.2. The van der Waals surface area contributed by atoms with Gasteiger partial charge in [0.1, 0.15) is 25.0 Å². The molecule has 7 nitrogen and oxygen atoms in total. The lowest BCUT2D eigenvalue weighted by atomic mass is 10.2. The summed E-state index contributed by atoms with van der Waals surface area (Å²) in [7, 11) is 0. The first-order chi connectivity index (χ1) is 9.78. The van der Waals surface area contributed by atoms with Crippen molar-refractivity contribution in [2.45, 2.75) is 13.0 Å². The number of carbonyl (C=O) groups excluding carboxylic acids is 1. The number of aromatic nitrogens is 4. The van der Waals surface area contributed by atoms with E-state index in [1.165, 1.54) is 17.3 Å². The summed E-state index contributed by atoms with van der Waals surface area (Å²) in [5.41, 5.74) is 0.726. The SMILES string of the molecule is O=C(Cn1cncn1)Nc1cc(C#CCCO)ccn1. The molecule has 0 bridgehead atoms. The smallest absolute Gasteiger partial charge is 0.247 e. The van der Waals surface area contributed by atoms with Gasteiger partial charge in [-0.15, -0.1) is 0 Å². The molecule has 0 aliphatic rings. The van der Waals surface area contributed by atoms with Crippen molar-refractivity contribution in [1.29, 1.82) is 0 Å². The van der Waals surface area contributed by atoms with Crippen LogP contribution in [0.25, 0.3) is 0 Å². The fourth-order valence-corrected chi connectivity index (χ4v) is 1.44. The van der Waals surface area contributed by atoms with Crippen molar-refractivity contribution >= 4 is 11.7 Å². The molecule has 2 rings (SSSR count). The van der Waals surface area contributed by atoms with Crippen LogP contribution < -0.4 is 5.32 Å². The maximum absolute atomic E-state index is 11.7. The highest BCUT2D eigenvalue weighted by Gasteiger charge is 2.05. The third-order valence-electron chi connectivity index (χ3n) is 2.27. The normalized spacial score (nSPS) is 9.65. The summed E-state index contributed by atoms with van der Waals surface area (Å²) in [5, 5.41) is 15.2. The highest BCUT2D eigenvalue weighted by Crippen LogP contribution is 2.05. The van der Waals surface area contributed by atoms with Gasteiger partial charge in [-0.25, -0.2) is 14.6 Å². The van der Waals surface area contributed by atoms with Gasteiger partial charge in [0.05, 0.1) is 6.61 Å². The number of hydrogen-bond acceptors (Lipinski definition) is 5. The van der Waals surface area contributed by atoms with E-state index in [0.717, 1.165) is 5.56 Å². The van der Waals surface area contributed by atoms with E-state index in [0.29, 0.717) is 12.2 Å². The van der Waals surface area contributed by atoms with Crippen molar-refractivity contribution in [3.63, 3.8) is 0 Å². The van der Waals surface area contributed by atoms with Crippen molar-refractivity contribution in [2.24, 2.45) is 0 Å². The van der Waals surface area contributed by atoms with Gasteiger partial charge in [-0.05, 0) is 12.1 Å². The predicted molar refractivity (Wildman–Crippen MR) is 71.5 cm³/mol. The van der Waals surface area contributed by atoms with Gasteiger partial charge in [0.2, 0.25) is 5.91 Å². The number of rotatable bonds is 4. The van der Waals surface area contributed by atoms with Crippen LogP contribution in [0.4, 0.5) is 5.82 Å². The third kappa shape index (κ3) is 4.19. The molecule has 0 spiro atoms. The second kappa shape index (κ2) is 7.01. The largest absolute Gasteiger partial charge is 0.395 e. The fraction of sp³-hybridized carbons (Fsp3) is 0.231. The minimum atomic E-state index is -0.247. The van der Waals surface area contributed by atoms with Crippen LogP contribution in [-0.2, 0) is 11.3 Å². The van der Waals surface area contributed by atoms with Crippen molar-refractivity contribution in [1.82, 2.24) is 19.7 Å². The Morgan fingerprint density at radius 1 is 1.50 bits per heavy atom. The van der Waals surface area contributed by atoms with Gasteiger partial charge in [-0.3, -0.25) is 4.79 Å². The summed E-state index contributed by atoms with van der Waals surface area (Å²) in [4.78, 5) is 19.5. The van der Waals surface area contributed by atoms with Crippen LogP contribution in [0.5, 0.6) is 0 Å². The van der Waals surface area contributed by atoms with Crippen molar-refractivity contribution in [2.75, 3.05) is 11.9 Å². The molecule has 102 valence electrons. The summed E-state index contributed by atoms with van der Waals surface area (Å²) in [6.45, 7) is 0.0989. The van der Waals surface area contributed by atoms with Crippen LogP contribution in [0.2, 0.25) is 0 Å². The third-order valence-corrected chi connectivity index (χ3v) is 2.27. The van der Waals surface area contributed by atoms with Crippen LogP contribution in [0.1, 0.15) is 12.0 Å². The first kappa shape index (κ1) is 13.7. The molecule has 0 aromatic carbocycles. The number of nitrogens with zero attached hydrogens (tertiary/aromatic N) is 4. The minimum absolute atomic E-state index is 0.0274. The molecule has 2 heterocycles. The summed E-state index contributed by atoms with van der Waals surface area (Å²) < 4.78 is 1.42. The predicted octanol–water partition coefficient (Wildman–Crippen LogP) is 0.0457.